The lowest BCUT2D eigenvalue weighted by atomic mass is 9.67. The number of esters is 2. The maximum Gasteiger partial charge on any atom is 0.330 e. The number of fused-ring (bicyclic) bond motifs is 5. The van der Waals surface area contributed by atoms with Crippen LogP contribution in [0.1, 0.15) is 47.2 Å². The van der Waals surface area contributed by atoms with Crippen molar-refractivity contribution < 1.29 is 28.5 Å². The summed E-state index contributed by atoms with van der Waals surface area (Å²) < 4.78 is 21.7. The summed E-state index contributed by atoms with van der Waals surface area (Å²) in [4.78, 5) is 34.4. The van der Waals surface area contributed by atoms with E-state index < -0.39 is 17.4 Å². The van der Waals surface area contributed by atoms with Gasteiger partial charge in [0.2, 0.25) is 0 Å². The quantitative estimate of drug-likeness (QED) is 0.0329. The first-order valence-electron chi connectivity index (χ1n) is 22.4. The van der Waals surface area contributed by atoms with Gasteiger partial charge in [-0.2, -0.15) is 0 Å². The van der Waals surface area contributed by atoms with Crippen LogP contribution in [0.2, 0.25) is 0 Å². The summed E-state index contributed by atoms with van der Waals surface area (Å²) in [6.45, 7) is 11.6. The number of hydrogen-bond donors (Lipinski definition) is 2. The van der Waals surface area contributed by atoms with Crippen LogP contribution in [0, 0.1) is 0 Å². The minimum Gasteiger partial charge on any atom is -0.490 e. The Balaban J connectivity index is 1.01. The van der Waals surface area contributed by atoms with Crippen molar-refractivity contribution in [3.05, 3.63) is 216 Å². The number of thiol groups is 2. The van der Waals surface area contributed by atoms with Crippen LogP contribution >= 0.6 is 25.3 Å². The van der Waals surface area contributed by atoms with E-state index in [1.807, 2.05) is 50.2 Å². The van der Waals surface area contributed by atoms with E-state index in [2.05, 4.69) is 134 Å². The van der Waals surface area contributed by atoms with Gasteiger partial charge >= 0.3 is 11.9 Å². The molecule has 342 valence electrons. The van der Waals surface area contributed by atoms with Crippen LogP contribution in [-0.2, 0) is 24.5 Å². The molecule has 0 atom stereocenters. The average Bonchev–Trinajstić information content (AvgIpc) is 3.68. The molecule has 0 saturated carbocycles. The van der Waals surface area contributed by atoms with Gasteiger partial charge in [0.05, 0.1) is 16.8 Å². The molecule has 0 saturated heterocycles. The molecule has 0 aliphatic heterocycles. The summed E-state index contributed by atoms with van der Waals surface area (Å²) >= 11 is 10.2. The van der Waals surface area contributed by atoms with Gasteiger partial charge in [-0.05, 0) is 141 Å². The predicted octanol–water partition coefficient (Wildman–Crippen LogP) is 13.4. The first-order valence-corrected chi connectivity index (χ1v) is 23.3. The molecule has 10 heteroatoms. The van der Waals surface area contributed by atoms with E-state index in [0.29, 0.717) is 11.5 Å². The van der Waals surface area contributed by atoms with E-state index in [1.54, 1.807) is 0 Å². The Morgan fingerprint density at radius 3 is 1.33 bits per heavy atom. The second kappa shape index (κ2) is 20.3. The number of carbonyl (C=O) groups is 2. The summed E-state index contributed by atoms with van der Waals surface area (Å²) in [5, 5.41) is 4.13. The molecular weight excluding hydrogens is 897 g/mol. The fraction of sp³-hybridized carbons (Fsp3) is 0.119. The van der Waals surface area contributed by atoms with Gasteiger partial charge in [-0.1, -0.05) is 110 Å². The number of aliphatic imine (C=N–C) groups is 2. The maximum atomic E-state index is 11.3. The van der Waals surface area contributed by atoms with Crippen molar-refractivity contribution in [2.75, 3.05) is 26.4 Å². The molecule has 0 bridgehead atoms. The topological polar surface area (TPSA) is 95.8 Å². The fourth-order valence-corrected chi connectivity index (χ4v) is 9.54. The number of benzene rings is 8. The van der Waals surface area contributed by atoms with Crippen molar-refractivity contribution in [3.8, 4) is 22.6 Å². The van der Waals surface area contributed by atoms with E-state index in [9.17, 15) is 9.59 Å². The Morgan fingerprint density at radius 1 is 0.507 bits per heavy atom. The van der Waals surface area contributed by atoms with Crippen LogP contribution in [0.3, 0.4) is 0 Å². The van der Waals surface area contributed by atoms with Crippen LogP contribution in [0.5, 0.6) is 11.5 Å². The maximum absolute atomic E-state index is 11.3. The second-order valence-corrected chi connectivity index (χ2v) is 17.5. The van der Waals surface area contributed by atoms with Crippen molar-refractivity contribution in [3.63, 3.8) is 0 Å². The standard InChI is InChI=1S/C59H48N2O6S2/c1-5-57(62)66-29-27-64-47-23-19-41-31-39(15-17-43(41)33-47)37(3)60-53-25-21-45(35-55(53)68)59(51-13-9-7-11-49(51)50-12-8-10-14-52(50)59)46-22-26-54(56(69)36-46)61-38(4)40-16-18-44-34-48(24-20-42(44)32-40)65-28-30-67-58(63)6-2/h5-26,31-36,68-69H,1-2,27-30H2,3-4H3/b60-37+,61-38+. The first kappa shape index (κ1) is 46.5. The van der Waals surface area contributed by atoms with E-state index in [4.69, 9.17) is 54.2 Å². The highest BCUT2D eigenvalue weighted by Gasteiger charge is 2.46. The van der Waals surface area contributed by atoms with Crippen LogP contribution < -0.4 is 9.47 Å². The molecule has 0 radical (unpaired) electrons. The minimum absolute atomic E-state index is 0.142. The molecule has 9 rings (SSSR count). The molecule has 69 heavy (non-hydrogen) atoms. The molecule has 0 unspecified atom stereocenters. The molecule has 0 heterocycles. The molecule has 1 aliphatic carbocycles. The highest BCUT2D eigenvalue weighted by atomic mass is 32.1. The van der Waals surface area contributed by atoms with Crippen molar-refractivity contribution in [1.29, 1.82) is 0 Å². The second-order valence-electron chi connectivity index (χ2n) is 16.5. The summed E-state index contributed by atoms with van der Waals surface area (Å²) in [5.74, 6) is 0.430. The molecule has 8 aromatic rings. The first-order chi connectivity index (χ1) is 33.5. The molecule has 1 aliphatic rings. The molecule has 8 aromatic carbocycles. The summed E-state index contributed by atoms with van der Waals surface area (Å²) in [5.41, 5.74) is 11.3. The number of hydrogen-bond acceptors (Lipinski definition) is 10. The highest BCUT2D eigenvalue weighted by Crippen LogP contribution is 2.57. The number of rotatable bonds is 16. The van der Waals surface area contributed by atoms with Gasteiger partial charge < -0.3 is 18.9 Å². The molecule has 0 N–H and O–H groups in total. The molecule has 8 nitrogen and oxygen atoms in total. The largest absolute Gasteiger partial charge is 0.490 e. The third kappa shape index (κ3) is 9.59. The SMILES string of the molecule is C=CC(=O)OCCOc1ccc2cc(/C(C)=N/c3ccc(C4(c5ccc(/N=C(\C)c6ccc7cc(OCCOC(=O)C=C)ccc7c6)c(S)c5)c5ccccc5-c5ccccc54)cc3S)ccc2c1. The van der Waals surface area contributed by atoms with Crippen LogP contribution in [0.15, 0.2) is 203 Å². The van der Waals surface area contributed by atoms with Gasteiger partial charge in [-0.25, -0.2) is 9.59 Å². The van der Waals surface area contributed by atoms with Crippen molar-refractivity contribution in [1.82, 2.24) is 0 Å². The molecule has 0 aromatic heterocycles. The van der Waals surface area contributed by atoms with Crippen LogP contribution in [-0.4, -0.2) is 49.8 Å². The number of ether oxygens (including phenoxy) is 4. The van der Waals surface area contributed by atoms with Gasteiger partial charge in [0.15, 0.2) is 0 Å². The van der Waals surface area contributed by atoms with Gasteiger partial charge in [0.1, 0.15) is 37.9 Å². The Hall–Kier alpha value is -7.66. The van der Waals surface area contributed by atoms with Crippen molar-refractivity contribution in [2.45, 2.75) is 29.1 Å². The zero-order chi connectivity index (χ0) is 48.1. The Labute approximate surface area is 412 Å². The number of carbonyl (C=O) groups excluding carboxylic acids is 2. The monoisotopic (exact) mass is 944 g/mol. The van der Waals surface area contributed by atoms with Gasteiger partial charge in [-0.15, -0.1) is 25.3 Å². The fourth-order valence-electron chi connectivity index (χ4n) is 9.02. The minimum atomic E-state index is -0.690. The highest BCUT2D eigenvalue weighted by molar-refractivity contribution is 7.80. The van der Waals surface area contributed by atoms with Crippen molar-refractivity contribution in [2.24, 2.45) is 9.98 Å². The normalized spacial score (nSPS) is 12.8. The zero-order valence-corrected chi connectivity index (χ0v) is 39.9. The Kier molecular flexibility index (Phi) is 13.7. The zero-order valence-electron chi connectivity index (χ0n) is 38.1. The molecule has 0 spiro atoms. The van der Waals surface area contributed by atoms with E-state index in [1.165, 1.54) is 22.3 Å². The third-order valence-electron chi connectivity index (χ3n) is 12.3. The third-order valence-corrected chi connectivity index (χ3v) is 13.0. The van der Waals surface area contributed by atoms with Crippen molar-refractivity contribution >= 4 is 81.5 Å². The van der Waals surface area contributed by atoms with Gasteiger partial charge in [0.25, 0.3) is 0 Å². The molecule has 0 amide bonds. The lowest BCUT2D eigenvalue weighted by Gasteiger charge is -2.34. The lowest BCUT2D eigenvalue weighted by molar-refractivity contribution is -0.139. The van der Waals surface area contributed by atoms with Gasteiger partial charge in [-0.3, -0.25) is 9.98 Å². The lowest BCUT2D eigenvalue weighted by Crippen LogP contribution is -2.28. The average molecular weight is 945 g/mol. The van der Waals surface area contributed by atoms with E-state index >= 15 is 0 Å². The summed E-state index contributed by atoms with van der Waals surface area (Å²) in [7, 11) is 0. The van der Waals surface area contributed by atoms with Crippen LogP contribution in [0.4, 0.5) is 11.4 Å². The molecule has 0 fully saturated rings. The number of nitrogens with zero attached hydrogens (tertiary/aromatic N) is 2. The Bertz CT molecular complexity index is 3170. The van der Waals surface area contributed by atoms with E-state index in [-0.39, 0.29) is 26.4 Å². The smallest absolute Gasteiger partial charge is 0.330 e. The summed E-state index contributed by atoms with van der Waals surface area (Å²) in [6.07, 6.45) is 2.27. The van der Waals surface area contributed by atoms with E-state index in [0.717, 1.165) is 88.5 Å². The molecular formula is C59H48N2O6S2. The summed E-state index contributed by atoms with van der Waals surface area (Å²) in [6, 6.07) is 54.3. The van der Waals surface area contributed by atoms with Crippen LogP contribution in [0.25, 0.3) is 32.7 Å². The van der Waals surface area contributed by atoms with Gasteiger partial charge in [0, 0.05) is 33.4 Å². The Morgan fingerprint density at radius 2 is 0.913 bits per heavy atom. The predicted molar refractivity (Wildman–Crippen MR) is 283 cm³/mol.